The molecule has 0 aromatic heterocycles. The molecule has 21 heavy (non-hydrogen) atoms. The number of allylic oxidation sites excluding steroid dienone is 2. The van der Waals surface area contributed by atoms with Gasteiger partial charge in [0.25, 0.3) is 0 Å². The summed E-state index contributed by atoms with van der Waals surface area (Å²) in [5, 5.41) is 1.69. The van der Waals surface area contributed by atoms with Crippen molar-refractivity contribution < 1.29 is 19.1 Å². The van der Waals surface area contributed by atoms with Crippen LogP contribution in [0.15, 0.2) is 22.0 Å². The Morgan fingerprint density at radius 2 is 1.48 bits per heavy atom. The molecule has 0 fully saturated rings. The Morgan fingerprint density at radius 3 is 1.76 bits per heavy atom. The van der Waals surface area contributed by atoms with Crippen LogP contribution in [0.5, 0.6) is 0 Å². The third kappa shape index (κ3) is 5.18. The number of carbonyl (C=O) groups is 2. The lowest BCUT2D eigenvalue weighted by Gasteiger charge is -2.32. The monoisotopic (exact) mass is 376 g/mol. The average molecular weight is 377 g/mol. The predicted molar refractivity (Wildman–Crippen MR) is 88.2 cm³/mol. The Labute approximate surface area is 138 Å². The number of ether oxygens (including phenoxy) is 2. The van der Waals surface area contributed by atoms with Gasteiger partial charge in [-0.15, -0.1) is 0 Å². The van der Waals surface area contributed by atoms with Crippen molar-refractivity contribution in [3.8, 4) is 0 Å². The van der Waals surface area contributed by atoms with Crippen LogP contribution >= 0.6 is 27.7 Å². The highest BCUT2D eigenvalue weighted by molar-refractivity contribution is 9.12. The molecule has 0 radical (unpaired) electrons. The summed E-state index contributed by atoms with van der Waals surface area (Å²) >= 11 is 4.38. The van der Waals surface area contributed by atoms with Crippen LogP contribution in [0.1, 0.15) is 41.5 Å². The molecule has 0 spiro atoms. The second-order valence-corrected chi connectivity index (χ2v) is 8.72. The molecule has 0 atom stereocenters. The van der Waals surface area contributed by atoms with Gasteiger partial charge in [-0.2, -0.15) is 0 Å². The molecule has 0 aliphatic carbocycles. The lowest BCUT2D eigenvalue weighted by molar-refractivity contribution is -0.169. The van der Waals surface area contributed by atoms with Gasteiger partial charge in [0.05, 0.1) is 0 Å². The molecule has 0 aromatic rings. The van der Waals surface area contributed by atoms with E-state index in [0.717, 1.165) is 16.2 Å². The van der Waals surface area contributed by atoms with Crippen molar-refractivity contribution in [3.63, 3.8) is 0 Å². The van der Waals surface area contributed by atoms with Crippen LogP contribution in [0.25, 0.3) is 0 Å². The molecule has 0 saturated carbocycles. The third-order valence-corrected chi connectivity index (χ3v) is 4.25. The molecule has 0 bridgehead atoms. The molecule has 1 aliphatic rings. The molecule has 4 nitrogen and oxygen atoms in total. The molecule has 1 rings (SSSR count). The van der Waals surface area contributed by atoms with Crippen molar-refractivity contribution in [2.75, 3.05) is 0 Å². The van der Waals surface area contributed by atoms with Crippen molar-refractivity contribution in [1.82, 2.24) is 0 Å². The van der Waals surface area contributed by atoms with Gasteiger partial charge in [-0.05, 0) is 59.1 Å². The first-order valence-corrected chi connectivity index (χ1v) is 8.23. The Hall–Kier alpha value is -0.750. The third-order valence-electron chi connectivity index (χ3n) is 2.24. The van der Waals surface area contributed by atoms with E-state index in [-0.39, 0.29) is 0 Å². The maximum Gasteiger partial charge on any atom is 0.338 e. The fourth-order valence-corrected chi connectivity index (χ4v) is 2.66. The molecule has 6 heteroatoms. The lowest BCUT2D eigenvalue weighted by Crippen LogP contribution is -2.49. The highest BCUT2D eigenvalue weighted by Crippen LogP contribution is 2.39. The van der Waals surface area contributed by atoms with Crippen LogP contribution in [-0.4, -0.2) is 27.9 Å². The molecular formula is C15H21BrO4S. The van der Waals surface area contributed by atoms with Gasteiger partial charge in [0.2, 0.25) is 4.75 Å². The fraction of sp³-hybridized carbons (Fsp3) is 0.600. The summed E-state index contributed by atoms with van der Waals surface area (Å²) in [4.78, 5) is 25.1. The van der Waals surface area contributed by atoms with Gasteiger partial charge in [-0.25, -0.2) is 9.59 Å². The largest absolute Gasteiger partial charge is 0.458 e. The molecule has 0 N–H and O–H groups in total. The Kier molecular flexibility index (Phi) is 5.37. The van der Waals surface area contributed by atoms with Gasteiger partial charge in [-0.1, -0.05) is 27.7 Å². The second kappa shape index (κ2) is 6.16. The van der Waals surface area contributed by atoms with E-state index in [1.54, 1.807) is 53.0 Å². The number of rotatable bonds is 2. The molecule has 118 valence electrons. The number of esters is 2. The van der Waals surface area contributed by atoms with Crippen molar-refractivity contribution in [2.45, 2.75) is 57.5 Å². The summed E-state index contributed by atoms with van der Waals surface area (Å²) in [5.74, 6) is -1.25. The van der Waals surface area contributed by atoms with Crippen LogP contribution < -0.4 is 0 Å². The predicted octanol–water partition coefficient (Wildman–Crippen LogP) is 3.95. The maximum atomic E-state index is 12.5. The molecule has 1 heterocycles. The van der Waals surface area contributed by atoms with E-state index in [1.807, 2.05) is 0 Å². The summed E-state index contributed by atoms with van der Waals surface area (Å²) in [5.41, 5.74) is -1.36. The van der Waals surface area contributed by atoms with Crippen LogP contribution in [0.2, 0.25) is 0 Å². The molecular weight excluding hydrogens is 356 g/mol. The van der Waals surface area contributed by atoms with Crippen molar-refractivity contribution in [1.29, 1.82) is 0 Å². The first-order chi connectivity index (χ1) is 9.36. The topological polar surface area (TPSA) is 52.6 Å². The maximum absolute atomic E-state index is 12.5. The van der Waals surface area contributed by atoms with E-state index in [0.29, 0.717) is 0 Å². The molecule has 0 aromatic carbocycles. The number of hydrogen-bond donors (Lipinski definition) is 0. The van der Waals surface area contributed by atoms with Crippen LogP contribution in [0.4, 0.5) is 0 Å². The Balaban J connectivity index is 3.11. The zero-order chi connectivity index (χ0) is 16.5. The second-order valence-electron chi connectivity index (χ2n) is 6.69. The quantitative estimate of drug-likeness (QED) is 0.539. The van der Waals surface area contributed by atoms with E-state index in [9.17, 15) is 9.59 Å². The van der Waals surface area contributed by atoms with Gasteiger partial charge in [0.1, 0.15) is 11.2 Å². The zero-order valence-electron chi connectivity index (χ0n) is 13.2. The Morgan fingerprint density at radius 1 is 1.05 bits per heavy atom. The molecule has 1 aliphatic heterocycles. The van der Waals surface area contributed by atoms with Crippen molar-refractivity contribution in [3.05, 3.63) is 22.0 Å². The minimum absolute atomic E-state index is 0.623. The normalized spacial score (nSPS) is 18.0. The first kappa shape index (κ1) is 18.3. The van der Waals surface area contributed by atoms with Crippen molar-refractivity contribution in [2.24, 2.45) is 0 Å². The van der Waals surface area contributed by atoms with E-state index in [4.69, 9.17) is 9.47 Å². The smallest absolute Gasteiger partial charge is 0.338 e. The SMILES string of the molecule is CC(C)(C)OC(=O)C1(C(=O)OC(C)(C)C)C=CC(Br)=CS1. The number of hydrogen-bond acceptors (Lipinski definition) is 5. The first-order valence-electron chi connectivity index (χ1n) is 6.55. The lowest BCUT2D eigenvalue weighted by atomic mass is 10.1. The van der Waals surface area contributed by atoms with Gasteiger partial charge in [0, 0.05) is 4.48 Å². The van der Waals surface area contributed by atoms with Gasteiger partial charge < -0.3 is 9.47 Å². The number of thioether (sulfide) groups is 1. The van der Waals surface area contributed by atoms with E-state index >= 15 is 0 Å². The Bertz CT molecular complexity index is 467. The summed E-state index contributed by atoms with van der Waals surface area (Å²) in [6.45, 7) is 10.6. The summed E-state index contributed by atoms with van der Waals surface area (Å²) in [7, 11) is 0. The summed E-state index contributed by atoms with van der Waals surface area (Å²) < 4.78 is 10.1. The summed E-state index contributed by atoms with van der Waals surface area (Å²) in [6, 6.07) is 0. The summed E-state index contributed by atoms with van der Waals surface area (Å²) in [6.07, 6.45) is 3.17. The van der Waals surface area contributed by atoms with Crippen LogP contribution in [0, 0.1) is 0 Å². The van der Waals surface area contributed by atoms with Gasteiger partial charge >= 0.3 is 11.9 Å². The van der Waals surface area contributed by atoms with Crippen LogP contribution in [0.3, 0.4) is 0 Å². The highest BCUT2D eigenvalue weighted by atomic mass is 79.9. The molecule has 0 saturated heterocycles. The minimum atomic E-state index is -1.50. The van der Waals surface area contributed by atoms with Crippen molar-refractivity contribution >= 4 is 39.6 Å². The minimum Gasteiger partial charge on any atom is -0.458 e. The zero-order valence-corrected chi connectivity index (χ0v) is 15.6. The van der Waals surface area contributed by atoms with Crippen LogP contribution in [-0.2, 0) is 19.1 Å². The number of carbonyl (C=O) groups excluding carboxylic acids is 2. The molecule has 0 unspecified atom stereocenters. The fourth-order valence-electron chi connectivity index (χ4n) is 1.45. The van der Waals surface area contributed by atoms with Gasteiger partial charge in [-0.3, -0.25) is 0 Å². The highest BCUT2D eigenvalue weighted by Gasteiger charge is 2.50. The van der Waals surface area contributed by atoms with E-state index < -0.39 is 27.9 Å². The molecule has 0 amide bonds. The number of halogens is 1. The average Bonchev–Trinajstić information content (AvgIpc) is 2.25. The van der Waals surface area contributed by atoms with E-state index in [2.05, 4.69) is 15.9 Å². The van der Waals surface area contributed by atoms with E-state index in [1.165, 1.54) is 6.08 Å². The standard InChI is InChI=1S/C15H21BrO4S/c1-13(2,3)19-11(17)15(8-7-10(16)9-21-15)12(18)20-14(4,5)6/h7-9H,1-6H3. The van der Waals surface area contributed by atoms with Gasteiger partial charge in [0.15, 0.2) is 0 Å².